The third kappa shape index (κ3) is 4.04. The molecule has 2 heterocycles. The second-order valence-corrected chi connectivity index (χ2v) is 9.09. The van der Waals surface area contributed by atoms with Crippen molar-refractivity contribution in [2.75, 3.05) is 0 Å². The van der Waals surface area contributed by atoms with Crippen molar-refractivity contribution < 1.29 is 30.7 Å². The Labute approximate surface area is 182 Å². The van der Waals surface area contributed by atoms with E-state index < -0.39 is 34.0 Å². The maximum absolute atomic E-state index is 14.2. The molecule has 4 rings (SSSR count). The van der Waals surface area contributed by atoms with Crippen LogP contribution in [0.3, 0.4) is 0 Å². The molecule has 0 radical (unpaired) electrons. The number of aromatic amines is 1. The predicted molar refractivity (Wildman–Crippen MR) is 106 cm³/mol. The Balaban J connectivity index is 1.78. The minimum absolute atomic E-state index is 0.0802. The quantitative estimate of drug-likeness (QED) is 0.495. The number of H-pyrrole nitrogens is 1. The Hall–Kier alpha value is -2.86. The van der Waals surface area contributed by atoms with Gasteiger partial charge in [0.05, 0.1) is 27.3 Å². The van der Waals surface area contributed by atoms with E-state index in [1.54, 1.807) is 6.07 Å². The number of aromatic nitrogens is 2. The predicted octanol–water partition coefficient (Wildman–Crippen LogP) is 4.97. The first-order valence-corrected chi connectivity index (χ1v) is 10.9. The molecule has 0 fully saturated rings. The number of ether oxygens (including phenoxy) is 1. The fourth-order valence-corrected chi connectivity index (χ4v) is 5.15. The number of fused-ring (bicyclic) bond motifs is 1. The van der Waals surface area contributed by atoms with Gasteiger partial charge in [-0.2, -0.15) is 5.10 Å². The second-order valence-electron chi connectivity index (χ2n) is 6.45. The minimum Gasteiger partial charge on any atom is -0.406 e. The second kappa shape index (κ2) is 7.68. The molecule has 3 aromatic rings. The summed E-state index contributed by atoms with van der Waals surface area (Å²) in [6, 6.07) is 7.09. The molecule has 1 aromatic heterocycles. The Kier molecular flexibility index (Phi) is 5.30. The van der Waals surface area contributed by atoms with E-state index in [0.717, 1.165) is 28.6 Å². The molecule has 0 bridgehead atoms. The molecule has 0 amide bonds. The summed E-state index contributed by atoms with van der Waals surface area (Å²) in [5.74, 6) is -1.13. The van der Waals surface area contributed by atoms with E-state index in [0.29, 0.717) is 16.8 Å². The minimum atomic E-state index is -4.90. The van der Waals surface area contributed by atoms with Gasteiger partial charge in [-0.25, -0.2) is 12.8 Å². The fourth-order valence-electron chi connectivity index (χ4n) is 3.22. The molecule has 0 saturated heterocycles. The summed E-state index contributed by atoms with van der Waals surface area (Å²) in [6.07, 6.45) is -0.686. The third-order valence-electron chi connectivity index (χ3n) is 4.55. The highest BCUT2D eigenvalue weighted by Gasteiger charge is 2.37. The van der Waals surface area contributed by atoms with Crippen LogP contribution in [0, 0.1) is 5.82 Å². The smallest absolute Gasteiger partial charge is 0.406 e. The molecule has 12 heteroatoms. The number of nitrogens with one attached hydrogen (secondary N) is 1. The van der Waals surface area contributed by atoms with Crippen LogP contribution in [0.4, 0.5) is 17.6 Å². The first kappa shape index (κ1) is 21.4. The zero-order valence-corrected chi connectivity index (χ0v) is 17.7. The van der Waals surface area contributed by atoms with Crippen molar-refractivity contribution in [2.24, 2.45) is 0 Å². The van der Waals surface area contributed by atoms with Crippen LogP contribution in [-0.2, 0) is 10.0 Å². The maximum atomic E-state index is 14.2. The monoisotopic (exact) mass is 517 g/mol. The van der Waals surface area contributed by atoms with Gasteiger partial charge in [0.15, 0.2) is 0 Å². The molecule has 0 aliphatic carbocycles. The summed E-state index contributed by atoms with van der Waals surface area (Å²) in [4.78, 5) is -0.267. The van der Waals surface area contributed by atoms with Gasteiger partial charge in [-0.05, 0) is 57.9 Å². The zero-order chi connectivity index (χ0) is 22.4. The van der Waals surface area contributed by atoms with E-state index >= 15 is 0 Å². The topological polar surface area (TPSA) is 75.3 Å². The van der Waals surface area contributed by atoms with Crippen LogP contribution < -0.4 is 4.74 Å². The van der Waals surface area contributed by atoms with Crippen molar-refractivity contribution in [3.63, 3.8) is 0 Å². The maximum Gasteiger partial charge on any atom is 0.573 e. The van der Waals surface area contributed by atoms with E-state index in [-0.39, 0.29) is 9.37 Å². The molecule has 31 heavy (non-hydrogen) atoms. The molecule has 1 unspecified atom stereocenters. The van der Waals surface area contributed by atoms with Crippen LogP contribution in [0.25, 0.3) is 6.08 Å². The van der Waals surface area contributed by atoms with Crippen molar-refractivity contribution in [3.8, 4) is 5.75 Å². The van der Waals surface area contributed by atoms with Gasteiger partial charge in [-0.1, -0.05) is 12.1 Å². The molecular weight excluding hydrogens is 506 g/mol. The van der Waals surface area contributed by atoms with Gasteiger partial charge in [0, 0.05) is 11.8 Å². The number of rotatable bonds is 4. The average molecular weight is 518 g/mol. The normalized spacial score (nSPS) is 16.3. The van der Waals surface area contributed by atoms with E-state index in [2.05, 4.69) is 30.9 Å². The van der Waals surface area contributed by atoms with E-state index in [1.165, 1.54) is 30.6 Å². The zero-order valence-electron chi connectivity index (χ0n) is 15.3. The lowest BCUT2D eigenvalue weighted by Gasteiger charge is -2.33. The van der Waals surface area contributed by atoms with Crippen LogP contribution in [0.2, 0.25) is 0 Å². The van der Waals surface area contributed by atoms with E-state index in [1.807, 2.05) is 0 Å². The standard InChI is InChI=1S/C19H12BrF4N3O3S/c20-17-13(2-1-3-15(17)21)18-14-10-25-26-16(14)8-9-27(18)31(28,29)12-6-4-11(5-7-12)30-19(22,23)24/h1-10,18H,(H,25,26). The molecule has 162 valence electrons. The molecule has 1 aliphatic rings. The van der Waals surface area contributed by atoms with Crippen molar-refractivity contribution in [1.82, 2.24) is 14.5 Å². The molecular formula is C19H12BrF4N3O3S. The molecule has 0 spiro atoms. The van der Waals surface area contributed by atoms with Crippen molar-refractivity contribution >= 4 is 32.0 Å². The summed E-state index contributed by atoms with van der Waals surface area (Å²) in [7, 11) is -4.25. The van der Waals surface area contributed by atoms with Gasteiger partial charge in [0.2, 0.25) is 0 Å². The number of halogens is 5. The number of benzene rings is 2. The summed E-state index contributed by atoms with van der Waals surface area (Å²) in [6.45, 7) is 0. The van der Waals surface area contributed by atoms with Crippen LogP contribution >= 0.6 is 15.9 Å². The van der Waals surface area contributed by atoms with Crippen LogP contribution in [0.15, 0.2) is 64.2 Å². The van der Waals surface area contributed by atoms with Gasteiger partial charge >= 0.3 is 6.36 Å². The Bertz CT molecular complexity index is 1260. The van der Waals surface area contributed by atoms with Crippen LogP contribution in [0.1, 0.15) is 22.9 Å². The summed E-state index contributed by atoms with van der Waals surface area (Å²) in [5.41, 5.74) is 1.35. The van der Waals surface area contributed by atoms with Crippen molar-refractivity contribution in [3.05, 3.63) is 82.0 Å². The molecule has 1 aliphatic heterocycles. The Morgan fingerprint density at radius 1 is 1.10 bits per heavy atom. The van der Waals surface area contributed by atoms with Gasteiger partial charge in [-0.15, -0.1) is 13.2 Å². The number of sulfonamides is 1. The SMILES string of the molecule is O=S(=O)(c1ccc(OC(F)(F)F)cc1)N1C=Cc2[nH]ncc2C1c1cccc(F)c1Br. The first-order chi connectivity index (χ1) is 14.6. The van der Waals surface area contributed by atoms with Crippen molar-refractivity contribution in [2.45, 2.75) is 17.3 Å². The molecule has 1 N–H and O–H groups in total. The highest BCUT2D eigenvalue weighted by atomic mass is 79.9. The Morgan fingerprint density at radius 2 is 1.81 bits per heavy atom. The van der Waals surface area contributed by atoms with Gasteiger partial charge in [-0.3, -0.25) is 9.40 Å². The fraction of sp³-hybridized carbons (Fsp3) is 0.105. The van der Waals surface area contributed by atoms with Gasteiger partial charge < -0.3 is 4.74 Å². The van der Waals surface area contributed by atoms with Crippen LogP contribution in [0.5, 0.6) is 5.75 Å². The Morgan fingerprint density at radius 3 is 2.48 bits per heavy atom. The van der Waals surface area contributed by atoms with Gasteiger partial charge in [0.1, 0.15) is 11.6 Å². The highest BCUT2D eigenvalue weighted by molar-refractivity contribution is 9.10. The molecule has 1 atom stereocenters. The van der Waals surface area contributed by atoms with E-state index in [9.17, 15) is 26.0 Å². The van der Waals surface area contributed by atoms with Crippen molar-refractivity contribution in [1.29, 1.82) is 0 Å². The lowest BCUT2D eigenvalue weighted by Crippen LogP contribution is -2.33. The van der Waals surface area contributed by atoms with Gasteiger partial charge in [0.25, 0.3) is 10.0 Å². The first-order valence-electron chi connectivity index (χ1n) is 8.62. The van der Waals surface area contributed by atoms with Crippen LogP contribution in [-0.4, -0.2) is 29.3 Å². The third-order valence-corrected chi connectivity index (χ3v) is 7.14. The summed E-state index contributed by atoms with van der Waals surface area (Å²) >= 11 is 3.17. The average Bonchev–Trinajstić information content (AvgIpc) is 3.17. The van der Waals surface area contributed by atoms with E-state index in [4.69, 9.17) is 0 Å². The number of alkyl halides is 3. The number of hydrogen-bond donors (Lipinski definition) is 1. The molecule has 2 aromatic carbocycles. The lowest BCUT2D eigenvalue weighted by atomic mass is 9.97. The molecule has 0 saturated carbocycles. The highest BCUT2D eigenvalue weighted by Crippen LogP contribution is 2.41. The molecule has 6 nitrogen and oxygen atoms in total. The lowest BCUT2D eigenvalue weighted by molar-refractivity contribution is -0.274. The number of hydrogen-bond acceptors (Lipinski definition) is 4. The summed E-state index contributed by atoms with van der Waals surface area (Å²) in [5, 5.41) is 6.68. The summed E-state index contributed by atoms with van der Waals surface area (Å²) < 4.78 is 83.0. The largest absolute Gasteiger partial charge is 0.573 e. The number of nitrogens with zero attached hydrogens (tertiary/aromatic N) is 2.